The van der Waals surface area contributed by atoms with Gasteiger partial charge < -0.3 is 14.6 Å². The molecule has 0 unspecified atom stereocenters. The fourth-order valence-corrected chi connectivity index (χ4v) is 0.818. The van der Waals surface area contributed by atoms with Crippen molar-refractivity contribution >= 4 is 11.9 Å². The predicted octanol–water partition coefficient (Wildman–Crippen LogP) is 1.53. The largest absolute Gasteiger partial charge is 0.462 e. The molecule has 0 atom stereocenters. The Hall–Kier alpha value is -1.10. The number of aliphatic hydroxyl groups excluding tert-OH is 1. The number of rotatable bonds is 5. The molecule has 0 heterocycles. The van der Waals surface area contributed by atoms with Crippen LogP contribution in [0.5, 0.6) is 0 Å². The molecule has 0 amide bonds. The fourth-order valence-electron chi connectivity index (χ4n) is 0.818. The summed E-state index contributed by atoms with van der Waals surface area (Å²) in [7, 11) is 0. The third-order valence-electron chi connectivity index (χ3n) is 2.03. The minimum absolute atomic E-state index is 0.114. The molecule has 106 valence electrons. The van der Waals surface area contributed by atoms with Crippen molar-refractivity contribution in [2.45, 2.75) is 47.6 Å². The SMILES string of the molecule is [2H]OC(COC(=O)C(C)(C)C)COC(=O)C(C)(C)C. The maximum absolute atomic E-state index is 11.5. The molecule has 0 saturated heterocycles. The number of carbonyl (C=O) groups is 2. The average molecular weight is 261 g/mol. The molecule has 5 nitrogen and oxygen atoms in total. The molecule has 0 aromatic rings. The zero-order valence-electron chi connectivity index (χ0n) is 13.0. The minimum Gasteiger partial charge on any atom is -0.462 e. The molecule has 0 aliphatic rings. The Balaban J connectivity index is 4.18. The number of aliphatic hydroxyl groups is 1. The highest BCUT2D eigenvalue weighted by atomic mass is 16.6. The number of esters is 2. The van der Waals surface area contributed by atoms with Crippen LogP contribution in [-0.4, -0.2) is 37.8 Å². The molecule has 5 heteroatoms. The highest BCUT2D eigenvalue weighted by Crippen LogP contribution is 2.16. The summed E-state index contributed by atoms with van der Waals surface area (Å²) in [5.74, 6) is -0.784. The van der Waals surface area contributed by atoms with Crippen LogP contribution in [0.3, 0.4) is 0 Å². The van der Waals surface area contributed by atoms with Gasteiger partial charge in [0.2, 0.25) is 1.43 Å². The first-order valence-electron chi connectivity index (χ1n) is 6.35. The normalized spacial score (nSPS) is 13.2. The number of ether oxygens (including phenoxy) is 2. The van der Waals surface area contributed by atoms with Crippen LogP contribution in [0.4, 0.5) is 0 Å². The Kier molecular flexibility index (Phi) is 5.14. The summed E-state index contributed by atoms with van der Waals surface area (Å²) < 4.78 is 16.9. The van der Waals surface area contributed by atoms with Crippen molar-refractivity contribution in [3.63, 3.8) is 0 Å². The maximum Gasteiger partial charge on any atom is 0.311 e. The summed E-state index contributed by atoms with van der Waals surface area (Å²) in [4.78, 5) is 23.1. The first-order chi connectivity index (χ1) is 8.48. The summed E-state index contributed by atoms with van der Waals surface area (Å²) in [6, 6.07) is 0. The van der Waals surface area contributed by atoms with Crippen LogP contribution < -0.4 is 0 Å². The third kappa shape index (κ3) is 6.59. The molecule has 0 rings (SSSR count). The van der Waals surface area contributed by atoms with Crippen molar-refractivity contribution in [2.75, 3.05) is 13.2 Å². The lowest BCUT2D eigenvalue weighted by Crippen LogP contribution is -2.32. The van der Waals surface area contributed by atoms with E-state index in [0.717, 1.165) is 0 Å². The van der Waals surface area contributed by atoms with E-state index in [0.29, 0.717) is 0 Å². The highest BCUT2D eigenvalue weighted by molar-refractivity contribution is 5.75. The molecule has 0 saturated carbocycles. The van der Waals surface area contributed by atoms with E-state index in [1.54, 1.807) is 41.5 Å². The highest BCUT2D eigenvalue weighted by Gasteiger charge is 2.26. The van der Waals surface area contributed by atoms with E-state index in [1.807, 2.05) is 0 Å². The van der Waals surface area contributed by atoms with Crippen molar-refractivity contribution in [1.29, 1.82) is 1.43 Å². The molecule has 0 fully saturated rings. The quantitative estimate of drug-likeness (QED) is 0.760. The first kappa shape index (κ1) is 15.0. The van der Waals surface area contributed by atoms with E-state index in [2.05, 4.69) is 5.11 Å². The Morgan fingerprint density at radius 1 is 1.00 bits per heavy atom. The van der Waals surface area contributed by atoms with E-state index in [-0.39, 0.29) is 13.2 Å². The topological polar surface area (TPSA) is 72.8 Å². The van der Waals surface area contributed by atoms with E-state index in [4.69, 9.17) is 10.9 Å². The minimum atomic E-state index is -0.780. The van der Waals surface area contributed by atoms with Crippen LogP contribution in [0, 0.1) is 10.8 Å². The second-order valence-electron chi connectivity index (χ2n) is 6.32. The third-order valence-corrected chi connectivity index (χ3v) is 2.03. The Morgan fingerprint density at radius 3 is 1.56 bits per heavy atom. The van der Waals surface area contributed by atoms with Crippen LogP contribution in [0.15, 0.2) is 0 Å². The second kappa shape index (κ2) is 6.18. The molecule has 0 bridgehead atoms. The lowest BCUT2D eigenvalue weighted by molar-refractivity contribution is -0.162. The number of hydrogen-bond acceptors (Lipinski definition) is 5. The van der Waals surface area contributed by atoms with Crippen molar-refractivity contribution in [2.24, 2.45) is 10.8 Å². The van der Waals surface area contributed by atoms with Crippen molar-refractivity contribution < 1.29 is 24.2 Å². The summed E-state index contributed by atoms with van der Waals surface area (Å²) >= 11 is 0. The van der Waals surface area contributed by atoms with Crippen LogP contribution in [-0.2, 0) is 19.1 Å². The monoisotopic (exact) mass is 261 g/mol. The van der Waals surface area contributed by atoms with E-state index < -0.39 is 28.9 Å². The molecular weight excluding hydrogens is 236 g/mol. The molecule has 0 radical (unpaired) electrons. The standard InChI is InChI=1S/C13H24O5/c1-12(2,3)10(15)17-7-9(14)8-18-11(16)13(4,5)6/h9,14H,7-8H2,1-6H3/i14D. The van der Waals surface area contributed by atoms with Gasteiger partial charge in [-0.05, 0) is 41.5 Å². The van der Waals surface area contributed by atoms with Gasteiger partial charge in [0.15, 0.2) is 0 Å². The van der Waals surface area contributed by atoms with Gasteiger partial charge >= 0.3 is 11.9 Å². The van der Waals surface area contributed by atoms with Crippen LogP contribution in [0.25, 0.3) is 0 Å². The second-order valence-corrected chi connectivity index (χ2v) is 6.32. The Bertz CT molecular complexity index is 284. The molecular formula is C13H24O5. The fraction of sp³-hybridized carbons (Fsp3) is 0.846. The molecule has 0 aromatic carbocycles. The number of hydrogen-bond donors (Lipinski definition) is 1. The van der Waals surface area contributed by atoms with Gasteiger partial charge in [0.1, 0.15) is 19.3 Å². The van der Waals surface area contributed by atoms with Crippen molar-refractivity contribution in [1.82, 2.24) is 0 Å². The van der Waals surface area contributed by atoms with Crippen LogP contribution >= 0.6 is 0 Å². The van der Waals surface area contributed by atoms with Gasteiger partial charge in [0.05, 0.1) is 10.8 Å². The van der Waals surface area contributed by atoms with Gasteiger partial charge in [-0.3, -0.25) is 9.59 Å². The molecule has 0 aromatic heterocycles. The van der Waals surface area contributed by atoms with Gasteiger partial charge in [0.25, 0.3) is 0 Å². The molecule has 1 N–H and O–H groups in total. The number of carbonyl (C=O) groups excluding carboxylic acids is 2. The maximum atomic E-state index is 11.5. The average Bonchev–Trinajstić information content (AvgIpc) is 2.25. The smallest absolute Gasteiger partial charge is 0.311 e. The van der Waals surface area contributed by atoms with Gasteiger partial charge in [0, 0.05) is 0 Å². The molecule has 0 aliphatic carbocycles. The van der Waals surface area contributed by atoms with Crippen LogP contribution in [0.1, 0.15) is 41.5 Å². The van der Waals surface area contributed by atoms with Gasteiger partial charge in [-0.1, -0.05) is 0 Å². The molecule has 0 aliphatic heterocycles. The lowest BCUT2D eigenvalue weighted by atomic mass is 9.97. The first-order valence-corrected chi connectivity index (χ1v) is 5.95. The van der Waals surface area contributed by atoms with Crippen molar-refractivity contribution in [3.8, 4) is 0 Å². The summed E-state index contributed by atoms with van der Waals surface area (Å²) in [5, 5.41) is 4.37. The zero-order chi connectivity index (χ0) is 15.3. The van der Waals surface area contributed by atoms with E-state index >= 15 is 0 Å². The molecule has 18 heavy (non-hydrogen) atoms. The van der Waals surface area contributed by atoms with Crippen molar-refractivity contribution in [3.05, 3.63) is 0 Å². The van der Waals surface area contributed by atoms with E-state index in [9.17, 15) is 9.59 Å². The lowest BCUT2D eigenvalue weighted by Gasteiger charge is -2.20. The predicted molar refractivity (Wildman–Crippen MR) is 66.8 cm³/mol. The van der Waals surface area contributed by atoms with Gasteiger partial charge in [-0.15, -0.1) is 0 Å². The van der Waals surface area contributed by atoms with Gasteiger partial charge in [-0.2, -0.15) is 0 Å². The summed E-state index contributed by atoms with van der Waals surface area (Å²) in [6.07, 6.45) is -0.780. The summed E-state index contributed by atoms with van der Waals surface area (Å²) in [5.41, 5.74) is -1.23. The summed E-state index contributed by atoms with van der Waals surface area (Å²) in [6.45, 7) is 10.1. The van der Waals surface area contributed by atoms with Crippen LogP contribution in [0.2, 0.25) is 0 Å². The Morgan fingerprint density at radius 2 is 1.33 bits per heavy atom. The Labute approximate surface area is 110 Å². The van der Waals surface area contributed by atoms with E-state index in [1.165, 1.54) is 0 Å². The van der Waals surface area contributed by atoms with Gasteiger partial charge in [-0.25, -0.2) is 0 Å². The molecule has 0 spiro atoms. The zero-order valence-corrected chi connectivity index (χ0v) is 12.0.